The number of nitrogens with one attached hydrogen (secondary N) is 2. The van der Waals surface area contributed by atoms with Crippen molar-refractivity contribution in [3.63, 3.8) is 0 Å². The van der Waals surface area contributed by atoms with Gasteiger partial charge in [0, 0.05) is 24.4 Å². The number of carboxylic acid groups (broad SMARTS) is 1. The standard InChI is InChI=1S/C28H34N2O5/c1-28(2,26(32)33)14-15-29-25(31)18-8-7-9-19(16-18)30-27(34)35-17-24-22-12-5-3-10-20(22)21-11-4-6-13-23(21)24/h3-6,10-13,18-19,24H,7-9,14-17H2,1-2H3,(H,29,31)(H,30,34)(H,32,33)/t18-,19+/m0/s1. The van der Waals surface area contributed by atoms with Crippen LogP contribution < -0.4 is 10.6 Å². The van der Waals surface area contributed by atoms with Gasteiger partial charge in [-0.1, -0.05) is 55.0 Å². The van der Waals surface area contributed by atoms with Crippen molar-refractivity contribution in [1.29, 1.82) is 0 Å². The first-order valence-corrected chi connectivity index (χ1v) is 12.4. The number of fused-ring (bicyclic) bond motifs is 3. The van der Waals surface area contributed by atoms with Gasteiger partial charge in [-0.05, 0) is 61.8 Å². The van der Waals surface area contributed by atoms with E-state index in [4.69, 9.17) is 4.74 Å². The molecule has 4 rings (SSSR count). The van der Waals surface area contributed by atoms with Crippen LogP contribution in [-0.4, -0.2) is 42.3 Å². The number of carbonyl (C=O) groups is 3. The zero-order chi connectivity index (χ0) is 25.0. The molecule has 2 aromatic rings. The van der Waals surface area contributed by atoms with Gasteiger partial charge in [-0.25, -0.2) is 4.79 Å². The smallest absolute Gasteiger partial charge is 0.407 e. The first kappa shape index (κ1) is 24.8. The summed E-state index contributed by atoms with van der Waals surface area (Å²) in [6, 6.07) is 16.3. The number of rotatable bonds is 8. The molecule has 186 valence electrons. The fourth-order valence-electron chi connectivity index (χ4n) is 5.12. The van der Waals surface area contributed by atoms with Crippen LogP contribution in [0.4, 0.5) is 4.79 Å². The highest BCUT2D eigenvalue weighted by molar-refractivity contribution is 5.80. The van der Waals surface area contributed by atoms with E-state index >= 15 is 0 Å². The molecule has 7 heteroatoms. The van der Waals surface area contributed by atoms with Gasteiger partial charge in [0.15, 0.2) is 0 Å². The van der Waals surface area contributed by atoms with Crippen LogP contribution in [0.5, 0.6) is 0 Å². The number of amides is 2. The van der Waals surface area contributed by atoms with E-state index in [9.17, 15) is 19.5 Å². The molecule has 2 aliphatic rings. The molecule has 0 aromatic heterocycles. The summed E-state index contributed by atoms with van der Waals surface area (Å²) in [6.07, 6.45) is 2.87. The first-order valence-electron chi connectivity index (χ1n) is 12.4. The third-order valence-corrected chi connectivity index (χ3v) is 7.34. The lowest BCUT2D eigenvalue weighted by Gasteiger charge is -2.29. The summed E-state index contributed by atoms with van der Waals surface area (Å²) >= 11 is 0. The van der Waals surface area contributed by atoms with E-state index in [0.717, 1.165) is 19.3 Å². The monoisotopic (exact) mass is 478 g/mol. The minimum absolute atomic E-state index is 0.00749. The normalized spacial score (nSPS) is 19.4. The van der Waals surface area contributed by atoms with Gasteiger partial charge < -0.3 is 20.5 Å². The van der Waals surface area contributed by atoms with E-state index in [-0.39, 0.29) is 30.4 Å². The summed E-state index contributed by atoms with van der Waals surface area (Å²) < 4.78 is 5.66. The Morgan fingerprint density at radius 3 is 2.26 bits per heavy atom. The minimum atomic E-state index is -0.881. The summed E-state index contributed by atoms with van der Waals surface area (Å²) in [5.74, 6) is -1.15. The Bertz CT molecular complexity index is 1050. The molecule has 0 saturated heterocycles. The quantitative estimate of drug-likeness (QED) is 0.510. The highest BCUT2D eigenvalue weighted by Gasteiger charge is 2.32. The zero-order valence-electron chi connectivity index (χ0n) is 20.4. The fraction of sp³-hybridized carbons (Fsp3) is 0.464. The minimum Gasteiger partial charge on any atom is -0.481 e. The third-order valence-electron chi connectivity index (χ3n) is 7.34. The van der Waals surface area contributed by atoms with Crippen molar-refractivity contribution in [3.8, 4) is 11.1 Å². The van der Waals surface area contributed by atoms with Crippen LogP contribution in [0.2, 0.25) is 0 Å². The molecule has 0 heterocycles. The van der Waals surface area contributed by atoms with Gasteiger partial charge in [0.1, 0.15) is 6.61 Å². The number of ether oxygens (including phenoxy) is 1. The van der Waals surface area contributed by atoms with E-state index in [1.165, 1.54) is 22.3 Å². The number of aliphatic carboxylic acids is 1. The van der Waals surface area contributed by atoms with E-state index in [1.54, 1.807) is 13.8 Å². The predicted octanol–water partition coefficient (Wildman–Crippen LogP) is 4.70. The summed E-state index contributed by atoms with van der Waals surface area (Å²) in [5.41, 5.74) is 3.83. The molecule has 2 aliphatic carbocycles. The zero-order valence-corrected chi connectivity index (χ0v) is 20.4. The SMILES string of the molecule is CC(C)(CCNC(=O)[C@H]1CCC[C@@H](NC(=O)OCC2c3ccccc3-c3ccccc32)C1)C(=O)O. The second kappa shape index (κ2) is 10.5. The Balaban J connectivity index is 1.27. The summed E-state index contributed by atoms with van der Waals surface area (Å²) in [6.45, 7) is 3.88. The lowest BCUT2D eigenvalue weighted by atomic mass is 9.85. The van der Waals surface area contributed by atoms with Crippen molar-refractivity contribution >= 4 is 18.0 Å². The number of benzene rings is 2. The Hall–Kier alpha value is -3.35. The molecule has 2 amide bonds. The topological polar surface area (TPSA) is 105 Å². The molecule has 0 aliphatic heterocycles. The molecule has 2 atom stereocenters. The van der Waals surface area contributed by atoms with Crippen LogP contribution >= 0.6 is 0 Å². The number of hydrogen-bond donors (Lipinski definition) is 3. The maximum absolute atomic E-state index is 12.6. The van der Waals surface area contributed by atoms with E-state index < -0.39 is 17.5 Å². The molecule has 35 heavy (non-hydrogen) atoms. The molecular weight excluding hydrogens is 444 g/mol. The number of carboxylic acids is 1. The molecule has 2 aromatic carbocycles. The molecule has 1 saturated carbocycles. The molecule has 0 unspecified atom stereocenters. The van der Waals surface area contributed by atoms with Crippen molar-refractivity contribution in [1.82, 2.24) is 10.6 Å². The van der Waals surface area contributed by atoms with E-state index in [1.807, 2.05) is 24.3 Å². The fourth-order valence-corrected chi connectivity index (χ4v) is 5.12. The third kappa shape index (κ3) is 5.66. The Kier molecular flexibility index (Phi) is 7.43. The molecular formula is C28H34N2O5. The summed E-state index contributed by atoms with van der Waals surface area (Å²) in [4.78, 5) is 36.5. The van der Waals surface area contributed by atoms with Crippen molar-refractivity contribution in [2.75, 3.05) is 13.2 Å². The van der Waals surface area contributed by atoms with E-state index in [2.05, 4.69) is 34.9 Å². The lowest BCUT2D eigenvalue weighted by molar-refractivity contribution is -0.147. The average molecular weight is 479 g/mol. The number of carbonyl (C=O) groups excluding carboxylic acids is 2. The van der Waals surface area contributed by atoms with Crippen LogP contribution in [0.3, 0.4) is 0 Å². The van der Waals surface area contributed by atoms with Crippen molar-refractivity contribution in [2.24, 2.45) is 11.3 Å². The Morgan fingerprint density at radius 2 is 1.63 bits per heavy atom. The van der Waals surface area contributed by atoms with Gasteiger partial charge in [0.25, 0.3) is 0 Å². The second-order valence-electron chi connectivity index (χ2n) is 10.3. The maximum Gasteiger partial charge on any atom is 0.407 e. The Labute approximate surface area is 206 Å². The van der Waals surface area contributed by atoms with Gasteiger partial charge in [0.2, 0.25) is 5.91 Å². The van der Waals surface area contributed by atoms with Gasteiger partial charge in [-0.15, -0.1) is 0 Å². The molecule has 7 nitrogen and oxygen atoms in total. The summed E-state index contributed by atoms with van der Waals surface area (Å²) in [7, 11) is 0. The predicted molar refractivity (Wildman–Crippen MR) is 133 cm³/mol. The second-order valence-corrected chi connectivity index (χ2v) is 10.3. The van der Waals surface area contributed by atoms with Gasteiger partial charge in [0.05, 0.1) is 5.41 Å². The van der Waals surface area contributed by atoms with Crippen LogP contribution in [-0.2, 0) is 14.3 Å². The molecule has 0 bridgehead atoms. The van der Waals surface area contributed by atoms with Crippen molar-refractivity contribution in [2.45, 2.75) is 57.9 Å². The first-order chi connectivity index (χ1) is 16.8. The maximum atomic E-state index is 12.6. The van der Waals surface area contributed by atoms with Crippen LogP contribution in [0, 0.1) is 11.3 Å². The van der Waals surface area contributed by atoms with Crippen molar-refractivity contribution in [3.05, 3.63) is 59.7 Å². The van der Waals surface area contributed by atoms with Gasteiger partial charge in [-0.3, -0.25) is 9.59 Å². The lowest BCUT2D eigenvalue weighted by Crippen LogP contribution is -2.43. The van der Waals surface area contributed by atoms with Crippen LogP contribution in [0.1, 0.15) is 63.0 Å². The highest BCUT2D eigenvalue weighted by Crippen LogP contribution is 2.44. The molecule has 1 fully saturated rings. The van der Waals surface area contributed by atoms with Gasteiger partial charge >= 0.3 is 12.1 Å². The van der Waals surface area contributed by atoms with Crippen LogP contribution in [0.15, 0.2) is 48.5 Å². The average Bonchev–Trinajstić information content (AvgIpc) is 3.16. The highest BCUT2D eigenvalue weighted by atomic mass is 16.5. The van der Waals surface area contributed by atoms with E-state index in [0.29, 0.717) is 19.4 Å². The Morgan fingerprint density at radius 1 is 1.00 bits per heavy atom. The van der Waals surface area contributed by atoms with Gasteiger partial charge in [-0.2, -0.15) is 0 Å². The number of hydrogen-bond acceptors (Lipinski definition) is 4. The summed E-state index contributed by atoms with van der Waals surface area (Å²) in [5, 5.41) is 15.0. The molecule has 0 spiro atoms. The molecule has 0 radical (unpaired) electrons. The largest absolute Gasteiger partial charge is 0.481 e. The van der Waals surface area contributed by atoms with Crippen molar-refractivity contribution < 1.29 is 24.2 Å². The van der Waals surface area contributed by atoms with Crippen LogP contribution in [0.25, 0.3) is 11.1 Å². The number of alkyl carbamates (subject to hydrolysis) is 1. The molecule has 3 N–H and O–H groups in total.